The molecule has 1 rings (SSSR count). The first-order chi connectivity index (χ1) is 8.92. The Morgan fingerprint density at radius 2 is 2.05 bits per heavy atom. The highest BCUT2D eigenvalue weighted by Crippen LogP contribution is 2.26. The molecule has 1 amide bonds. The van der Waals surface area contributed by atoms with Crippen molar-refractivity contribution in [2.24, 2.45) is 7.05 Å². The standard InChI is InChI=1S/C11H19N5O3/c1-5-15(6-2)9(17)7-12-11-10(16(18)19)8(3)13-14(11)4/h12H,5-7H2,1-4H3. The average Bonchev–Trinajstić information content (AvgIpc) is 2.62. The number of hydrogen-bond donors (Lipinski definition) is 1. The molecule has 0 aliphatic rings. The number of anilines is 1. The molecule has 8 nitrogen and oxygen atoms in total. The lowest BCUT2D eigenvalue weighted by atomic mass is 10.3. The highest BCUT2D eigenvalue weighted by Gasteiger charge is 2.24. The minimum Gasteiger partial charge on any atom is -0.355 e. The molecular formula is C11H19N5O3. The number of nitrogens with zero attached hydrogens (tertiary/aromatic N) is 4. The van der Waals surface area contributed by atoms with E-state index in [0.717, 1.165) is 0 Å². The van der Waals surface area contributed by atoms with E-state index in [1.165, 1.54) is 4.68 Å². The number of nitro groups is 1. The number of nitrogens with one attached hydrogen (secondary N) is 1. The van der Waals surface area contributed by atoms with E-state index in [-0.39, 0.29) is 24.0 Å². The molecule has 0 unspecified atom stereocenters. The molecule has 0 saturated heterocycles. The topological polar surface area (TPSA) is 93.3 Å². The lowest BCUT2D eigenvalue weighted by molar-refractivity contribution is -0.384. The summed E-state index contributed by atoms with van der Waals surface area (Å²) >= 11 is 0. The van der Waals surface area contributed by atoms with E-state index >= 15 is 0 Å². The van der Waals surface area contributed by atoms with Gasteiger partial charge >= 0.3 is 5.69 Å². The van der Waals surface area contributed by atoms with Crippen LogP contribution in [0.4, 0.5) is 11.5 Å². The van der Waals surface area contributed by atoms with Gasteiger partial charge in [0.05, 0.1) is 11.5 Å². The van der Waals surface area contributed by atoms with Gasteiger partial charge in [-0.25, -0.2) is 4.68 Å². The third-order valence-corrected chi connectivity index (χ3v) is 2.90. The fraction of sp³-hybridized carbons (Fsp3) is 0.636. The second-order valence-electron chi connectivity index (χ2n) is 4.08. The van der Waals surface area contributed by atoms with E-state index in [2.05, 4.69) is 10.4 Å². The average molecular weight is 269 g/mol. The maximum absolute atomic E-state index is 11.8. The highest BCUT2D eigenvalue weighted by atomic mass is 16.6. The van der Waals surface area contributed by atoms with E-state index in [4.69, 9.17) is 0 Å². The molecule has 106 valence electrons. The normalized spacial score (nSPS) is 10.3. The Bertz CT molecular complexity index is 479. The molecule has 0 bridgehead atoms. The molecule has 1 aromatic rings. The minimum atomic E-state index is -0.493. The number of rotatable bonds is 6. The summed E-state index contributed by atoms with van der Waals surface area (Å²) < 4.78 is 1.38. The van der Waals surface area contributed by atoms with Gasteiger partial charge in [0.15, 0.2) is 0 Å². The van der Waals surface area contributed by atoms with Gasteiger partial charge < -0.3 is 10.2 Å². The first-order valence-electron chi connectivity index (χ1n) is 6.11. The Balaban J connectivity index is 2.84. The van der Waals surface area contributed by atoms with Crippen molar-refractivity contribution >= 4 is 17.4 Å². The summed E-state index contributed by atoms with van der Waals surface area (Å²) in [5, 5.41) is 17.7. The van der Waals surface area contributed by atoms with Gasteiger partial charge in [0.1, 0.15) is 5.69 Å². The van der Waals surface area contributed by atoms with Crippen LogP contribution in [-0.4, -0.2) is 45.1 Å². The van der Waals surface area contributed by atoms with E-state index in [0.29, 0.717) is 18.8 Å². The van der Waals surface area contributed by atoms with Crippen molar-refractivity contribution in [2.75, 3.05) is 25.0 Å². The number of aromatic nitrogens is 2. The summed E-state index contributed by atoms with van der Waals surface area (Å²) in [6.45, 7) is 6.58. The maximum Gasteiger partial charge on any atom is 0.333 e. The molecule has 0 radical (unpaired) electrons. The Kier molecular flexibility index (Phi) is 4.85. The van der Waals surface area contributed by atoms with Gasteiger partial charge in [0.25, 0.3) is 0 Å². The fourth-order valence-corrected chi connectivity index (χ4v) is 1.91. The van der Waals surface area contributed by atoms with Gasteiger partial charge in [-0.15, -0.1) is 0 Å². The number of carbonyl (C=O) groups excluding carboxylic acids is 1. The van der Waals surface area contributed by atoms with Crippen LogP contribution in [0.25, 0.3) is 0 Å². The van der Waals surface area contributed by atoms with Gasteiger partial charge in [-0.2, -0.15) is 5.10 Å². The van der Waals surface area contributed by atoms with Gasteiger partial charge in [0.2, 0.25) is 11.7 Å². The molecule has 0 aliphatic carbocycles. The lowest BCUT2D eigenvalue weighted by Crippen LogP contribution is -2.35. The summed E-state index contributed by atoms with van der Waals surface area (Å²) in [6.07, 6.45) is 0. The van der Waals surface area contributed by atoms with Crippen LogP contribution in [0.5, 0.6) is 0 Å². The van der Waals surface area contributed by atoms with Gasteiger partial charge in [-0.3, -0.25) is 14.9 Å². The number of aryl methyl sites for hydroxylation is 2. The van der Waals surface area contributed by atoms with Crippen molar-refractivity contribution in [3.8, 4) is 0 Å². The zero-order chi connectivity index (χ0) is 14.6. The van der Waals surface area contributed by atoms with Crippen molar-refractivity contribution in [1.82, 2.24) is 14.7 Å². The Morgan fingerprint density at radius 1 is 1.47 bits per heavy atom. The Labute approximate surface area is 111 Å². The lowest BCUT2D eigenvalue weighted by Gasteiger charge is -2.18. The molecule has 0 aliphatic heterocycles. The van der Waals surface area contributed by atoms with E-state index in [1.54, 1.807) is 18.9 Å². The largest absolute Gasteiger partial charge is 0.355 e. The summed E-state index contributed by atoms with van der Waals surface area (Å²) in [7, 11) is 1.60. The number of amides is 1. The SMILES string of the molecule is CCN(CC)C(=O)CNc1c([N+](=O)[O-])c(C)nn1C. The minimum absolute atomic E-state index is 0.0154. The molecule has 1 heterocycles. The van der Waals surface area contributed by atoms with Crippen LogP contribution in [-0.2, 0) is 11.8 Å². The van der Waals surface area contributed by atoms with E-state index in [1.807, 2.05) is 13.8 Å². The van der Waals surface area contributed by atoms with Crippen LogP contribution < -0.4 is 5.32 Å². The summed E-state index contributed by atoms with van der Waals surface area (Å²) in [6, 6.07) is 0. The fourth-order valence-electron chi connectivity index (χ4n) is 1.91. The molecule has 1 aromatic heterocycles. The zero-order valence-corrected chi connectivity index (χ0v) is 11.6. The van der Waals surface area contributed by atoms with Crippen LogP contribution in [0.15, 0.2) is 0 Å². The van der Waals surface area contributed by atoms with Crippen LogP contribution >= 0.6 is 0 Å². The summed E-state index contributed by atoms with van der Waals surface area (Å²) in [5.41, 5.74) is 0.236. The molecule has 0 aromatic carbocycles. The van der Waals surface area contributed by atoms with Gasteiger partial charge in [-0.05, 0) is 20.8 Å². The first-order valence-corrected chi connectivity index (χ1v) is 6.11. The molecular weight excluding hydrogens is 250 g/mol. The maximum atomic E-state index is 11.8. The molecule has 0 atom stereocenters. The summed E-state index contributed by atoms with van der Waals surface area (Å²) in [4.78, 5) is 24.0. The zero-order valence-electron chi connectivity index (χ0n) is 11.6. The van der Waals surface area contributed by atoms with Crippen LogP contribution in [0.1, 0.15) is 19.5 Å². The number of hydrogen-bond acceptors (Lipinski definition) is 5. The quantitative estimate of drug-likeness (QED) is 0.612. The van der Waals surface area contributed by atoms with Crippen molar-refractivity contribution in [3.63, 3.8) is 0 Å². The Morgan fingerprint density at radius 3 is 2.53 bits per heavy atom. The monoisotopic (exact) mass is 269 g/mol. The second-order valence-corrected chi connectivity index (χ2v) is 4.08. The molecule has 0 spiro atoms. The van der Waals surface area contributed by atoms with E-state index in [9.17, 15) is 14.9 Å². The predicted octanol–water partition coefficient (Wildman–Crippen LogP) is 0.917. The number of likely N-dealkylation sites (N-methyl/N-ethyl adjacent to an activating group) is 1. The van der Waals surface area contributed by atoms with Crippen LogP contribution in [0, 0.1) is 17.0 Å². The van der Waals surface area contributed by atoms with Gasteiger partial charge in [-0.1, -0.05) is 0 Å². The molecule has 8 heteroatoms. The first kappa shape index (κ1) is 14.9. The van der Waals surface area contributed by atoms with Crippen molar-refractivity contribution < 1.29 is 9.72 Å². The molecule has 1 N–H and O–H groups in total. The molecule has 0 fully saturated rings. The highest BCUT2D eigenvalue weighted by molar-refractivity contribution is 5.81. The second kappa shape index (κ2) is 6.17. The third kappa shape index (κ3) is 3.21. The van der Waals surface area contributed by atoms with Crippen molar-refractivity contribution in [1.29, 1.82) is 0 Å². The van der Waals surface area contributed by atoms with Crippen molar-refractivity contribution in [2.45, 2.75) is 20.8 Å². The molecule has 0 saturated carbocycles. The Hall–Kier alpha value is -2.12. The number of carbonyl (C=O) groups is 1. The van der Waals surface area contributed by atoms with Crippen LogP contribution in [0.2, 0.25) is 0 Å². The van der Waals surface area contributed by atoms with Gasteiger partial charge in [0, 0.05) is 20.1 Å². The van der Waals surface area contributed by atoms with E-state index < -0.39 is 4.92 Å². The van der Waals surface area contributed by atoms with Crippen molar-refractivity contribution in [3.05, 3.63) is 15.8 Å². The molecule has 19 heavy (non-hydrogen) atoms. The predicted molar refractivity (Wildman–Crippen MR) is 71.0 cm³/mol. The summed E-state index contributed by atoms with van der Waals surface area (Å²) in [5.74, 6) is 0.154. The smallest absolute Gasteiger partial charge is 0.333 e. The third-order valence-electron chi connectivity index (χ3n) is 2.90. The van der Waals surface area contributed by atoms with Crippen LogP contribution in [0.3, 0.4) is 0 Å².